The van der Waals surface area contributed by atoms with Crippen LogP contribution in [0.3, 0.4) is 0 Å². The number of pyridine rings is 2. The van der Waals surface area contributed by atoms with Gasteiger partial charge in [-0.15, -0.1) is 0 Å². The van der Waals surface area contributed by atoms with Crippen LogP contribution < -0.4 is 19.4 Å². The summed E-state index contributed by atoms with van der Waals surface area (Å²) < 4.78 is 18.7. The van der Waals surface area contributed by atoms with Crippen molar-refractivity contribution in [1.82, 2.24) is 29.6 Å². The molecule has 77 heavy (non-hydrogen) atoms. The second-order valence-electron chi connectivity index (χ2n) is 20.8. The number of piperidine rings is 1. The van der Waals surface area contributed by atoms with Gasteiger partial charge in [-0.2, -0.15) is 10.5 Å². The lowest BCUT2D eigenvalue weighted by atomic mass is 9.86. The monoisotopic (exact) mass is 1040 g/mol. The summed E-state index contributed by atoms with van der Waals surface area (Å²) in [4.78, 5) is 51.2. The maximum atomic E-state index is 13.6. The molecule has 4 fully saturated rings. The summed E-state index contributed by atoms with van der Waals surface area (Å²) in [5.41, 5.74) is 12.1. The highest BCUT2D eigenvalue weighted by atomic mass is 19.1. The minimum Gasteiger partial charge on any atom is -0.493 e. The molecule has 2 amide bonds. The average Bonchev–Trinajstić information content (AvgIpc) is 3.47. The Morgan fingerprint density at radius 3 is 1.68 bits per heavy atom. The van der Waals surface area contributed by atoms with Crippen LogP contribution in [-0.2, 0) is 13.1 Å². The second-order valence-corrected chi connectivity index (χ2v) is 20.8. The zero-order valence-corrected chi connectivity index (χ0v) is 45.2. The number of rotatable bonds is 11. The van der Waals surface area contributed by atoms with Crippen molar-refractivity contribution in [3.8, 4) is 17.9 Å². The summed E-state index contributed by atoms with van der Waals surface area (Å²) in [7, 11) is 1.66. The van der Waals surface area contributed by atoms with Crippen molar-refractivity contribution in [3.05, 3.63) is 176 Å². The largest absolute Gasteiger partial charge is 0.493 e. The minimum absolute atomic E-state index is 0.0716. The third kappa shape index (κ3) is 12.7. The fourth-order valence-corrected chi connectivity index (χ4v) is 11.4. The number of anilines is 3. The van der Waals surface area contributed by atoms with E-state index >= 15 is 0 Å². The first-order valence-electron chi connectivity index (χ1n) is 27.0. The van der Waals surface area contributed by atoms with Gasteiger partial charge < -0.3 is 29.2 Å². The average molecular weight is 1040 g/mol. The molecule has 14 nitrogen and oxygen atoms in total. The van der Waals surface area contributed by atoms with Gasteiger partial charge in [-0.05, 0) is 153 Å². The number of ether oxygens (including phenoxy) is 1. The molecule has 4 aliphatic rings. The lowest BCUT2D eigenvalue weighted by molar-refractivity contribution is 0.0738. The van der Waals surface area contributed by atoms with E-state index in [2.05, 4.69) is 90.8 Å². The molecule has 0 unspecified atom stereocenters. The van der Waals surface area contributed by atoms with E-state index < -0.39 is 0 Å². The number of aromatic nitrogens is 2. The Morgan fingerprint density at radius 1 is 0.584 bits per heavy atom. The number of methoxy groups -OCH3 is 1. The molecule has 0 atom stereocenters. The molecule has 6 aromatic rings. The fourth-order valence-electron chi connectivity index (χ4n) is 11.4. The van der Waals surface area contributed by atoms with E-state index in [9.17, 15) is 24.5 Å². The summed E-state index contributed by atoms with van der Waals surface area (Å²) in [5, 5.41) is 19.0. The van der Waals surface area contributed by atoms with Crippen LogP contribution in [0.25, 0.3) is 0 Å². The van der Waals surface area contributed by atoms with Gasteiger partial charge in [0.15, 0.2) is 11.6 Å². The van der Waals surface area contributed by atoms with Gasteiger partial charge in [-0.25, -0.2) is 14.4 Å². The number of nitrogens with zero attached hydrogens (tertiary/aromatic N) is 11. The van der Waals surface area contributed by atoms with Gasteiger partial charge in [-0.3, -0.25) is 19.4 Å². The van der Waals surface area contributed by atoms with E-state index in [0.29, 0.717) is 45.2 Å². The molecule has 0 radical (unpaired) electrons. The first-order chi connectivity index (χ1) is 37.4. The highest BCUT2D eigenvalue weighted by molar-refractivity contribution is 5.97. The highest BCUT2D eigenvalue weighted by Gasteiger charge is 2.29. The van der Waals surface area contributed by atoms with Gasteiger partial charge in [-0.1, -0.05) is 42.5 Å². The maximum Gasteiger partial charge on any atom is 0.254 e. The number of aryl methyl sites for hydroxylation is 4. The molecule has 398 valence electrons. The molecular weight excluding hydrogens is 966 g/mol. The molecule has 0 saturated carbocycles. The Kier molecular flexibility index (Phi) is 17.4. The van der Waals surface area contributed by atoms with Crippen molar-refractivity contribution in [3.63, 3.8) is 0 Å². The summed E-state index contributed by atoms with van der Waals surface area (Å²) in [6, 6.07) is 35.8. The molecule has 4 saturated heterocycles. The number of halogens is 1. The second kappa shape index (κ2) is 24.9. The predicted molar refractivity (Wildman–Crippen MR) is 300 cm³/mol. The lowest BCUT2D eigenvalue weighted by Gasteiger charge is -2.37. The fraction of sp³-hybridized carbons (Fsp3) is 0.387. The van der Waals surface area contributed by atoms with E-state index in [4.69, 9.17) is 4.74 Å². The van der Waals surface area contributed by atoms with Gasteiger partial charge in [0.25, 0.3) is 11.8 Å². The Morgan fingerprint density at radius 2 is 1.12 bits per heavy atom. The molecule has 4 aliphatic heterocycles. The van der Waals surface area contributed by atoms with E-state index in [1.807, 2.05) is 78.2 Å². The molecule has 4 aromatic carbocycles. The highest BCUT2D eigenvalue weighted by Crippen LogP contribution is 2.32. The molecule has 15 heteroatoms. The summed E-state index contributed by atoms with van der Waals surface area (Å²) in [6.07, 6.45) is 5.07. The van der Waals surface area contributed by atoms with Crippen molar-refractivity contribution in [1.29, 1.82) is 10.5 Å². The van der Waals surface area contributed by atoms with Crippen LogP contribution in [0.5, 0.6) is 5.75 Å². The third-order valence-corrected chi connectivity index (χ3v) is 15.9. The van der Waals surface area contributed by atoms with Crippen LogP contribution in [0, 0.1) is 56.2 Å². The number of nitriles is 2. The lowest BCUT2D eigenvalue weighted by Crippen LogP contribution is -2.49. The van der Waals surface area contributed by atoms with E-state index in [0.717, 1.165) is 135 Å². The third-order valence-electron chi connectivity index (χ3n) is 15.9. The Labute approximate surface area is 453 Å². The van der Waals surface area contributed by atoms with Gasteiger partial charge in [0.2, 0.25) is 0 Å². The standard InChI is InChI=1S/C31H34FN5O.C31H36N6O2/c1-22-17-23(2)29(31(38)37-15-13-36(14-16-37)30-8-7-27(32)20-34-30)18-26(22)21-35-11-9-24(10-12-35)28-6-4-3-5-25(28)19-33;1-23-19-24(2)27(31(38)37-17-15-36(16-18-37)30-29(39-3)9-6-10-33-30)20-26(23)22-34-11-13-35(14-12-34)28-8-5-4-7-25(28)21-32/h3-8,17-18,20,24H,9-16,21H2,1-2H3;4-10,19-20H,11-18,22H2,1-3H3. The zero-order valence-electron chi connectivity index (χ0n) is 45.2. The molecule has 2 aromatic heterocycles. The van der Waals surface area contributed by atoms with Crippen molar-refractivity contribution in [2.75, 3.05) is 113 Å². The van der Waals surface area contributed by atoms with Crippen LogP contribution in [0.4, 0.5) is 21.7 Å². The maximum absolute atomic E-state index is 13.6. The number of hydrogen-bond donors (Lipinski definition) is 0. The first kappa shape index (κ1) is 54.0. The van der Waals surface area contributed by atoms with Crippen LogP contribution in [0.15, 0.2) is 109 Å². The number of benzene rings is 4. The minimum atomic E-state index is -0.345. The normalized spacial score (nSPS) is 16.5. The zero-order chi connectivity index (χ0) is 54.0. The number of carbonyl (C=O) groups excluding carboxylic acids is 2. The van der Waals surface area contributed by atoms with E-state index in [1.165, 1.54) is 40.1 Å². The van der Waals surface area contributed by atoms with Gasteiger partial charge in [0.1, 0.15) is 17.7 Å². The Hall–Kier alpha value is -7.85. The van der Waals surface area contributed by atoms with Crippen molar-refractivity contribution in [2.24, 2.45) is 0 Å². The topological polar surface area (TPSA) is 139 Å². The number of likely N-dealkylation sites (tertiary alicyclic amines) is 1. The van der Waals surface area contributed by atoms with Crippen LogP contribution in [0.1, 0.15) is 89.5 Å². The summed E-state index contributed by atoms with van der Waals surface area (Å²) >= 11 is 0. The Balaban J connectivity index is 0.000000188. The van der Waals surface area contributed by atoms with E-state index in [-0.39, 0.29) is 17.6 Å². The van der Waals surface area contributed by atoms with Crippen molar-refractivity contribution < 1.29 is 18.7 Å². The van der Waals surface area contributed by atoms with Gasteiger partial charge >= 0.3 is 0 Å². The molecule has 0 aliphatic carbocycles. The molecule has 10 rings (SSSR count). The quantitative estimate of drug-likeness (QED) is 0.123. The summed E-state index contributed by atoms with van der Waals surface area (Å²) in [5.74, 6) is 2.57. The first-order valence-corrected chi connectivity index (χ1v) is 27.0. The SMILES string of the molecule is COc1cccnc1N1CCN(C(=O)c2cc(CN3CCN(c4ccccc4C#N)CC3)c(C)cc2C)CC1.Cc1cc(C)c(C(=O)N2CCN(c3ccc(F)cn3)CC2)cc1CN1CCC(c2ccccc2C#N)CC1. The molecule has 0 N–H and O–H groups in total. The van der Waals surface area contributed by atoms with E-state index in [1.54, 1.807) is 19.4 Å². The van der Waals surface area contributed by atoms with Crippen molar-refractivity contribution >= 4 is 29.1 Å². The predicted octanol–water partition coefficient (Wildman–Crippen LogP) is 8.91. The van der Waals surface area contributed by atoms with Crippen LogP contribution in [-0.4, -0.2) is 140 Å². The van der Waals surface area contributed by atoms with Crippen molar-refractivity contribution in [2.45, 2.75) is 59.5 Å². The van der Waals surface area contributed by atoms with Crippen LogP contribution >= 0.6 is 0 Å². The number of hydrogen-bond acceptors (Lipinski definition) is 12. The number of amides is 2. The molecular formula is C62H70FN11O3. The Bertz CT molecular complexity index is 3120. The van der Waals surface area contributed by atoms with Gasteiger partial charge in [0, 0.05) is 109 Å². The number of para-hydroxylation sites is 1. The van der Waals surface area contributed by atoms with Crippen LogP contribution in [0.2, 0.25) is 0 Å². The van der Waals surface area contributed by atoms with Gasteiger partial charge in [0.05, 0.1) is 36.2 Å². The smallest absolute Gasteiger partial charge is 0.254 e. The number of carbonyl (C=O) groups is 2. The molecule has 0 spiro atoms. The molecule has 6 heterocycles. The number of piperazine rings is 3. The summed E-state index contributed by atoms with van der Waals surface area (Å²) in [6.45, 7) is 20.8. The molecule has 0 bridgehead atoms.